The second-order valence-electron chi connectivity index (χ2n) is 5.25. The van der Waals surface area contributed by atoms with Gasteiger partial charge >= 0.3 is 6.18 Å². The Morgan fingerprint density at radius 2 is 1.65 bits per heavy atom. The highest BCUT2D eigenvalue weighted by Gasteiger charge is 2.29. The van der Waals surface area contributed by atoms with Gasteiger partial charge < -0.3 is 10.6 Å². The molecule has 2 aromatic carbocycles. The number of hydrogen-bond acceptors (Lipinski definition) is 5. The van der Waals surface area contributed by atoms with Crippen LogP contribution in [0, 0.1) is 11.3 Å². The summed E-state index contributed by atoms with van der Waals surface area (Å²) in [7, 11) is 0. The summed E-state index contributed by atoms with van der Waals surface area (Å²) in [6.07, 6.45) is -2.89. The van der Waals surface area contributed by atoms with Gasteiger partial charge in [-0.25, -0.2) is 4.98 Å². The van der Waals surface area contributed by atoms with Gasteiger partial charge in [0.2, 0.25) is 5.95 Å². The highest BCUT2D eigenvalue weighted by atomic mass is 19.4. The summed E-state index contributed by atoms with van der Waals surface area (Å²) >= 11 is 0. The van der Waals surface area contributed by atoms with E-state index in [-0.39, 0.29) is 5.95 Å². The SMILES string of the molecule is N#Cc1ccccc1Nc1ccnc(Nc2ccc(C(F)(F)F)cc2)n1. The molecule has 3 aromatic rings. The molecule has 0 radical (unpaired) electrons. The lowest BCUT2D eigenvalue weighted by atomic mass is 10.2. The van der Waals surface area contributed by atoms with Gasteiger partial charge in [-0.05, 0) is 42.5 Å². The smallest absolute Gasteiger partial charge is 0.339 e. The third-order valence-electron chi connectivity index (χ3n) is 3.43. The molecular formula is C18H12F3N5. The molecule has 5 nitrogen and oxygen atoms in total. The van der Waals surface area contributed by atoms with E-state index in [0.717, 1.165) is 12.1 Å². The van der Waals surface area contributed by atoms with E-state index in [9.17, 15) is 13.2 Å². The molecule has 26 heavy (non-hydrogen) atoms. The van der Waals surface area contributed by atoms with Crippen LogP contribution in [0.2, 0.25) is 0 Å². The molecule has 0 atom stereocenters. The van der Waals surface area contributed by atoms with Gasteiger partial charge in [-0.2, -0.15) is 23.4 Å². The molecule has 0 fully saturated rings. The van der Waals surface area contributed by atoms with Gasteiger partial charge in [0.25, 0.3) is 0 Å². The molecule has 0 aliphatic heterocycles. The van der Waals surface area contributed by atoms with E-state index < -0.39 is 11.7 Å². The lowest BCUT2D eigenvalue weighted by Gasteiger charge is -2.10. The first kappa shape index (κ1) is 17.2. The lowest BCUT2D eigenvalue weighted by molar-refractivity contribution is -0.137. The van der Waals surface area contributed by atoms with Crippen molar-refractivity contribution in [3.05, 3.63) is 71.9 Å². The van der Waals surface area contributed by atoms with Crippen molar-refractivity contribution in [3.63, 3.8) is 0 Å². The van der Waals surface area contributed by atoms with Crippen molar-refractivity contribution in [2.75, 3.05) is 10.6 Å². The van der Waals surface area contributed by atoms with E-state index in [0.29, 0.717) is 22.8 Å². The summed E-state index contributed by atoms with van der Waals surface area (Å²) in [5.74, 6) is 0.654. The van der Waals surface area contributed by atoms with Crippen LogP contribution in [0.5, 0.6) is 0 Å². The van der Waals surface area contributed by atoms with Gasteiger partial charge in [-0.3, -0.25) is 0 Å². The highest BCUT2D eigenvalue weighted by Crippen LogP contribution is 2.30. The Morgan fingerprint density at radius 1 is 0.923 bits per heavy atom. The molecule has 3 rings (SSSR count). The predicted octanol–water partition coefficient (Wildman–Crippen LogP) is 4.85. The molecule has 0 unspecified atom stereocenters. The number of nitrogens with zero attached hydrogens (tertiary/aromatic N) is 3. The summed E-state index contributed by atoms with van der Waals surface area (Å²) < 4.78 is 37.8. The van der Waals surface area contributed by atoms with Gasteiger partial charge in [0, 0.05) is 11.9 Å². The Bertz CT molecular complexity index is 946. The van der Waals surface area contributed by atoms with E-state index in [1.54, 1.807) is 30.3 Å². The summed E-state index contributed by atoms with van der Waals surface area (Å²) in [6.45, 7) is 0. The van der Waals surface area contributed by atoms with Crippen LogP contribution in [0.15, 0.2) is 60.8 Å². The molecule has 8 heteroatoms. The Balaban J connectivity index is 1.76. The normalized spacial score (nSPS) is 10.8. The van der Waals surface area contributed by atoms with Crippen LogP contribution in [-0.4, -0.2) is 9.97 Å². The Kier molecular flexibility index (Phi) is 4.71. The quantitative estimate of drug-likeness (QED) is 0.699. The van der Waals surface area contributed by atoms with Crippen LogP contribution < -0.4 is 10.6 Å². The molecule has 0 aliphatic carbocycles. The van der Waals surface area contributed by atoms with Crippen molar-refractivity contribution in [3.8, 4) is 6.07 Å². The van der Waals surface area contributed by atoms with Crippen LogP contribution in [0.25, 0.3) is 0 Å². The van der Waals surface area contributed by atoms with E-state index in [1.807, 2.05) is 0 Å². The third kappa shape index (κ3) is 4.08. The molecule has 0 amide bonds. The van der Waals surface area contributed by atoms with Gasteiger partial charge in [0.1, 0.15) is 11.9 Å². The van der Waals surface area contributed by atoms with Crippen LogP contribution in [-0.2, 0) is 6.18 Å². The molecule has 2 N–H and O–H groups in total. The average Bonchev–Trinajstić information content (AvgIpc) is 2.62. The number of halogens is 3. The fourth-order valence-corrected chi connectivity index (χ4v) is 2.19. The van der Waals surface area contributed by atoms with E-state index >= 15 is 0 Å². The second-order valence-corrected chi connectivity index (χ2v) is 5.25. The number of nitriles is 1. The lowest BCUT2D eigenvalue weighted by Crippen LogP contribution is -2.05. The molecule has 0 aliphatic rings. The molecule has 1 aromatic heterocycles. The maximum atomic E-state index is 12.6. The number of anilines is 4. The van der Waals surface area contributed by atoms with E-state index in [1.165, 1.54) is 18.3 Å². The number of para-hydroxylation sites is 1. The van der Waals surface area contributed by atoms with Crippen LogP contribution in [0.1, 0.15) is 11.1 Å². The minimum absolute atomic E-state index is 0.212. The zero-order valence-corrected chi connectivity index (χ0v) is 13.2. The van der Waals surface area contributed by atoms with Gasteiger partial charge in [-0.15, -0.1) is 0 Å². The van der Waals surface area contributed by atoms with Crippen molar-refractivity contribution < 1.29 is 13.2 Å². The Hall–Kier alpha value is -3.60. The molecule has 0 spiro atoms. The minimum Gasteiger partial charge on any atom is -0.339 e. The van der Waals surface area contributed by atoms with Crippen molar-refractivity contribution in [1.82, 2.24) is 9.97 Å². The number of rotatable bonds is 4. The first-order chi connectivity index (χ1) is 12.5. The Labute approximate surface area is 147 Å². The molecule has 130 valence electrons. The van der Waals surface area contributed by atoms with E-state index in [2.05, 4.69) is 26.7 Å². The van der Waals surface area contributed by atoms with Crippen LogP contribution in [0.3, 0.4) is 0 Å². The standard InChI is InChI=1S/C18H12F3N5/c19-18(20,21)13-5-7-14(8-6-13)24-17-23-10-9-16(26-17)25-15-4-2-1-3-12(15)11-22/h1-10H,(H2,23,24,25,26). The number of hydrogen-bond donors (Lipinski definition) is 2. The third-order valence-corrected chi connectivity index (χ3v) is 3.43. The molecule has 0 saturated heterocycles. The predicted molar refractivity (Wildman–Crippen MR) is 91.2 cm³/mol. The monoisotopic (exact) mass is 355 g/mol. The van der Waals surface area contributed by atoms with Crippen LogP contribution in [0.4, 0.5) is 36.3 Å². The minimum atomic E-state index is -4.38. The fraction of sp³-hybridized carbons (Fsp3) is 0.0556. The van der Waals surface area contributed by atoms with Gasteiger partial charge in [0.15, 0.2) is 0 Å². The summed E-state index contributed by atoms with van der Waals surface area (Å²) in [5, 5.41) is 15.0. The first-order valence-corrected chi connectivity index (χ1v) is 7.49. The second kappa shape index (κ2) is 7.11. The van der Waals surface area contributed by atoms with Gasteiger partial charge in [0.05, 0.1) is 16.8 Å². The number of alkyl halides is 3. The topological polar surface area (TPSA) is 73.6 Å². The number of nitrogens with one attached hydrogen (secondary N) is 2. The zero-order chi connectivity index (χ0) is 18.6. The van der Waals surface area contributed by atoms with Crippen molar-refractivity contribution in [2.45, 2.75) is 6.18 Å². The highest BCUT2D eigenvalue weighted by molar-refractivity contribution is 5.65. The van der Waals surface area contributed by atoms with Gasteiger partial charge in [-0.1, -0.05) is 12.1 Å². The summed E-state index contributed by atoms with van der Waals surface area (Å²) in [6, 6.07) is 15.2. The maximum Gasteiger partial charge on any atom is 0.416 e. The zero-order valence-electron chi connectivity index (χ0n) is 13.2. The van der Waals surface area contributed by atoms with Crippen molar-refractivity contribution in [1.29, 1.82) is 5.26 Å². The van der Waals surface area contributed by atoms with E-state index in [4.69, 9.17) is 5.26 Å². The van der Waals surface area contributed by atoms with Crippen LogP contribution >= 0.6 is 0 Å². The largest absolute Gasteiger partial charge is 0.416 e. The molecule has 0 saturated carbocycles. The average molecular weight is 355 g/mol. The summed E-state index contributed by atoms with van der Waals surface area (Å²) in [4.78, 5) is 8.29. The molecule has 1 heterocycles. The maximum absolute atomic E-state index is 12.6. The fourth-order valence-electron chi connectivity index (χ4n) is 2.19. The molecule has 0 bridgehead atoms. The van der Waals surface area contributed by atoms with Crippen molar-refractivity contribution >= 4 is 23.1 Å². The number of benzene rings is 2. The Morgan fingerprint density at radius 3 is 2.35 bits per heavy atom. The van der Waals surface area contributed by atoms with Crippen molar-refractivity contribution in [2.24, 2.45) is 0 Å². The first-order valence-electron chi connectivity index (χ1n) is 7.49. The molecular weight excluding hydrogens is 343 g/mol. The number of aromatic nitrogens is 2. The summed E-state index contributed by atoms with van der Waals surface area (Å²) in [5.41, 5.74) is 0.748.